The molecule has 0 amide bonds. The molecule has 2 N–H and O–H groups in total. The molecule has 0 saturated heterocycles. The highest BCUT2D eigenvalue weighted by molar-refractivity contribution is 5.94. The standard InChI is InChI=1S/C14H20N4O/c1-8-7-10-12(17-16-8)11(13(15)18(10)6)9(2)19-14(3,4)5/h7H,2,15H2,1,3-6H3. The zero-order valence-electron chi connectivity index (χ0n) is 12.1. The minimum Gasteiger partial charge on any atom is -0.488 e. The van der Waals surface area contributed by atoms with Gasteiger partial charge >= 0.3 is 0 Å². The molecule has 0 saturated carbocycles. The van der Waals surface area contributed by atoms with Crippen molar-refractivity contribution in [1.29, 1.82) is 0 Å². The number of anilines is 1. The van der Waals surface area contributed by atoms with Crippen molar-refractivity contribution in [3.8, 4) is 0 Å². The normalized spacial score (nSPS) is 11.8. The number of aromatic nitrogens is 3. The monoisotopic (exact) mass is 260 g/mol. The zero-order valence-corrected chi connectivity index (χ0v) is 12.1. The summed E-state index contributed by atoms with van der Waals surface area (Å²) >= 11 is 0. The minimum absolute atomic E-state index is 0.330. The van der Waals surface area contributed by atoms with Crippen molar-refractivity contribution in [3.05, 3.63) is 23.9 Å². The first kappa shape index (κ1) is 13.4. The summed E-state index contributed by atoms with van der Waals surface area (Å²) in [6, 6.07) is 1.95. The summed E-state index contributed by atoms with van der Waals surface area (Å²) < 4.78 is 7.68. The third-order valence-corrected chi connectivity index (χ3v) is 2.82. The number of hydrogen-bond donors (Lipinski definition) is 1. The van der Waals surface area contributed by atoms with Gasteiger partial charge in [0.1, 0.15) is 22.7 Å². The maximum absolute atomic E-state index is 6.14. The number of ether oxygens (including phenoxy) is 1. The molecule has 0 fully saturated rings. The molecule has 0 aliphatic heterocycles. The number of hydrogen-bond acceptors (Lipinski definition) is 4. The van der Waals surface area contributed by atoms with Gasteiger partial charge in [-0.2, -0.15) is 5.10 Å². The predicted octanol–water partition coefficient (Wildman–Crippen LogP) is 2.64. The van der Waals surface area contributed by atoms with Crippen LogP contribution in [0.5, 0.6) is 0 Å². The Labute approximate surface area is 113 Å². The molecule has 0 spiro atoms. The second-order valence-electron chi connectivity index (χ2n) is 5.68. The number of nitrogens with two attached hydrogens (primary N) is 1. The first-order valence-electron chi connectivity index (χ1n) is 6.17. The van der Waals surface area contributed by atoms with Crippen LogP contribution in [0.15, 0.2) is 12.6 Å². The predicted molar refractivity (Wildman–Crippen MR) is 77.5 cm³/mol. The minimum atomic E-state index is -0.330. The lowest BCUT2D eigenvalue weighted by Gasteiger charge is -2.22. The van der Waals surface area contributed by atoms with Gasteiger partial charge in [-0.1, -0.05) is 6.58 Å². The molecule has 0 unspecified atom stereocenters. The molecule has 19 heavy (non-hydrogen) atoms. The molecule has 0 radical (unpaired) electrons. The van der Waals surface area contributed by atoms with E-state index in [1.807, 2.05) is 45.4 Å². The highest BCUT2D eigenvalue weighted by atomic mass is 16.5. The van der Waals surface area contributed by atoms with Crippen LogP contribution in [-0.4, -0.2) is 20.4 Å². The molecule has 0 aliphatic carbocycles. The maximum atomic E-state index is 6.14. The van der Waals surface area contributed by atoms with Crippen LogP contribution in [0.3, 0.4) is 0 Å². The van der Waals surface area contributed by atoms with E-state index in [-0.39, 0.29) is 5.60 Å². The average molecular weight is 260 g/mol. The van der Waals surface area contributed by atoms with E-state index < -0.39 is 0 Å². The quantitative estimate of drug-likeness (QED) is 0.843. The summed E-state index contributed by atoms with van der Waals surface area (Å²) in [6.45, 7) is 11.8. The average Bonchev–Trinajstić information content (AvgIpc) is 2.50. The third kappa shape index (κ3) is 2.41. The van der Waals surface area contributed by atoms with Gasteiger partial charge in [0.25, 0.3) is 0 Å². The highest BCUT2D eigenvalue weighted by Gasteiger charge is 2.22. The Morgan fingerprint density at radius 3 is 2.58 bits per heavy atom. The Bertz CT molecular complexity index is 649. The van der Waals surface area contributed by atoms with Crippen LogP contribution >= 0.6 is 0 Å². The lowest BCUT2D eigenvalue weighted by molar-refractivity contribution is 0.0979. The number of nitrogens with zero attached hydrogens (tertiary/aromatic N) is 3. The number of rotatable bonds is 2. The Morgan fingerprint density at radius 1 is 1.37 bits per heavy atom. The van der Waals surface area contributed by atoms with Crippen molar-refractivity contribution < 1.29 is 4.74 Å². The topological polar surface area (TPSA) is 66.0 Å². The fraction of sp³-hybridized carbons (Fsp3) is 0.429. The Hall–Kier alpha value is -2.04. The van der Waals surface area contributed by atoms with Gasteiger partial charge in [0, 0.05) is 7.05 Å². The van der Waals surface area contributed by atoms with E-state index in [1.165, 1.54) is 0 Å². The number of aryl methyl sites for hydroxylation is 2. The van der Waals surface area contributed by atoms with E-state index in [0.29, 0.717) is 11.6 Å². The third-order valence-electron chi connectivity index (χ3n) is 2.82. The van der Waals surface area contributed by atoms with Crippen LogP contribution in [0.25, 0.3) is 16.8 Å². The fourth-order valence-corrected chi connectivity index (χ4v) is 2.02. The molecule has 0 aromatic carbocycles. The van der Waals surface area contributed by atoms with Crippen molar-refractivity contribution in [2.24, 2.45) is 7.05 Å². The van der Waals surface area contributed by atoms with Crippen molar-refractivity contribution >= 4 is 22.6 Å². The molecule has 5 nitrogen and oxygen atoms in total. The molecule has 102 valence electrons. The summed E-state index contributed by atoms with van der Waals surface area (Å²) in [7, 11) is 1.90. The largest absolute Gasteiger partial charge is 0.488 e. The van der Waals surface area contributed by atoms with Crippen LogP contribution in [-0.2, 0) is 11.8 Å². The van der Waals surface area contributed by atoms with Gasteiger partial charge in [0.05, 0.1) is 16.8 Å². The molecule has 0 aliphatic rings. The second-order valence-corrected chi connectivity index (χ2v) is 5.68. The first-order valence-corrected chi connectivity index (χ1v) is 6.17. The summed E-state index contributed by atoms with van der Waals surface area (Å²) in [6.07, 6.45) is 0. The Kier molecular flexibility index (Phi) is 3.00. The summed E-state index contributed by atoms with van der Waals surface area (Å²) in [4.78, 5) is 0. The lowest BCUT2D eigenvalue weighted by atomic mass is 10.1. The first-order chi connectivity index (χ1) is 8.70. The molecular weight excluding hydrogens is 240 g/mol. The smallest absolute Gasteiger partial charge is 0.126 e. The molecule has 5 heteroatoms. The Balaban J connectivity index is 2.61. The fourth-order valence-electron chi connectivity index (χ4n) is 2.02. The van der Waals surface area contributed by atoms with Crippen molar-refractivity contribution in [1.82, 2.24) is 14.8 Å². The summed E-state index contributed by atoms with van der Waals surface area (Å²) in [5.74, 6) is 1.11. The van der Waals surface area contributed by atoms with Gasteiger partial charge in [0.2, 0.25) is 0 Å². The van der Waals surface area contributed by atoms with Gasteiger partial charge < -0.3 is 15.0 Å². The number of nitrogen functional groups attached to an aromatic ring is 1. The molecule has 2 aromatic rings. The Morgan fingerprint density at radius 2 is 2.00 bits per heavy atom. The summed E-state index contributed by atoms with van der Waals surface area (Å²) in [5.41, 5.74) is 9.03. The summed E-state index contributed by atoms with van der Waals surface area (Å²) in [5, 5.41) is 8.31. The van der Waals surface area contributed by atoms with E-state index >= 15 is 0 Å². The van der Waals surface area contributed by atoms with Crippen molar-refractivity contribution in [2.75, 3.05) is 5.73 Å². The van der Waals surface area contributed by atoms with Gasteiger partial charge in [-0.05, 0) is 33.8 Å². The second kappa shape index (κ2) is 4.26. The van der Waals surface area contributed by atoms with Crippen molar-refractivity contribution in [2.45, 2.75) is 33.3 Å². The molecule has 0 bridgehead atoms. The van der Waals surface area contributed by atoms with E-state index in [9.17, 15) is 0 Å². The van der Waals surface area contributed by atoms with Gasteiger partial charge in [-0.25, -0.2) is 0 Å². The van der Waals surface area contributed by atoms with E-state index in [1.54, 1.807) is 0 Å². The highest BCUT2D eigenvalue weighted by Crippen LogP contribution is 2.33. The molecule has 2 heterocycles. The zero-order chi connectivity index (χ0) is 14.4. The lowest BCUT2D eigenvalue weighted by Crippen LogP contribution is -2.18. The van der Waals surface area contributed by atoms with E-state index in [2.05, 4.69) is 16.8 Å². The van der Waals surface area contributed by atoms with Crippen LogP contribution in [0.4, 0.5) is 5.82 Å². The molecular formula is C14H20N4O. The van der Waals surface area contributed by atoms with E-state index in [0.717, 1.165) is 22.3 Å². The molecule has 2 aromatic heterocycles. The van der Waals surface area contributed by atoms with Gasteiger partial charge in [-0.15, -0.1) is 5.10 Å². The van der Waals surface area contributed by atoms with Gasteiger partial charge in [-0.3, -0.25) is 0 Å². The van der Waals surface area contributed by atoms with Crippen LogP contribution in [0, 0.1) is 6.92 Å². The van der Waals surface area contributed by atoms with Gasteiger partial charge in [0.15, 0.2) is 0 Å². The van der Waals surface area contributed by atoms with Crippen LogP contribution < -0.4 is 5.73 Å². The maximum Gasteiger partial charge on any atom is 0.126 e. The molecule has 2 rings (SSSR count). The van der Waals surface area contributed by atoms with E-state index in [4.69, 9.17) is 10.5 Å². The SMILES string of the molecule is C=C(OC(C)(C)C)c1c(N)n(C)c2cc(C)nnc12. The van der Waals surface area contributed by atoms with Crippen LogP contribution in [0.1, 0.15) is 32.0 Å². The van der Waals surface area contributed by atoms with Crippen molar-refractivity contribution in [3.63, 3.8) is 0 Å². The van der Waals surface area contributed by atoms with Crippen LogP contribution in [0.2, 0.25) is 0 Å². The molecule has 0 atom stereocenters. The number of fused-ring (bicyclic) bond motifs is 1.